The van der Waals surface area contributed by atoms with Crippen LogP contribution in [0, 0.1) is 0 Å². The summed E-state index contributed by atoms with van der Waals surface area (Å²) in [7, 11) is 0. The molecule has 1 aromatic carbocycles. The van der Waals surface area contributed by atoms with Crippen LogP contribution in [0.5, 0.6) is 5.75 Å². The highest BCUT2D eigenvalue weighted by atomic mass is 35.5. The van der Waals surface area contributed by atoms with E-state index in [9.17, 15) is 0 Å². The molecule has 0 aliphatic heterocycles. The lowest BCUT2D eigenvalue weighted by Gasteiger charge is -2.07. The van der Waals surface area contributed by atoms with Gasteiger partial charge in [0.05, 0.1) is 5.02 Å². The minimum absolute atomic E-state index is 0.449. The molecule has 3 heteroatoms. The maximum absolute atomic E-state index is 5.96. The molecule has 0 saturated carbocycles. The highest BCUT2D eigenvalue weighted by molar-refractivity contribution is 6.32. The second-order valence-electron chi connectivity index (χ2n) is 2.77. The van der Waals surface area contributed by atoms with Crippen molar-refractivity contribution in [3.8, 4) is 5.75 Å². The summed E-state index contributed by atoms with van der Waals surface area (Å²) in [5, 5.41) is 0.541. The average Bonchev–Trinajstić information content (AvgIpc) is 2.14. The van der Waals surface area contributed by atoms with E-state index in [-0.39, 0.29) is 0 Å². The SMILES string of the molecule is C=CCOc1ccc(C(=C)N)c(Cl)c1. The summed E-state index contributed by atoms with van der Waals surface area (Å²) in [6, 6.07) is 5.28. The molecule has 0 amide bonds. The normalized spacial score (nSPS) is 9.50. The molecule has 1 rings (SSSR count). The summed E-state index contributed by atoms with van der Waals surface area (Å²) in [5.74, 6) is 0.694. The Morgan fingerprint density at radius 1 is 1.57 bits per heavy atom. The van der Waals surface area contributed by atoms with E-state index in [4.69, 9.17) is 22.1 Å². The fourth-order valence-corrected chi connectivity index (χ4v) is 1.29. The lowest BCUT2D eigenvalue weighted by Crippen LogP contribution is -1.97. The van der Waals surface area contributed by atoms with Gasteiger partial charge in [-0.2, -0.15) is 0 Å². The first-order chi connectivity index (χ1) is 6.65. The zero-order valence-electron chi connectivity index (χ0n) is 7.79. The Labute approximate surface area is 88.6 Å². The molecule has 74 valence electrons. The minimum Gasteiger partial charge on any atom is -0.490 e. The summed E-state index contributed by atoms with van der Waals surface area (Å²) in [6.07, 6.45) is 1.67. The van der Waals surface area contributed by atoms with Gasteiger partial charge >= 0.3 is 0 Å². The monoisotopic (exact) mass is 209 g/mol. The first-order valence-corrected chi connectivity index (χ1v) is 4.51. The van der Waals surface area contributed by atoms with Gasteiger partial charge in [0.25, 0.3) is 0 Å². The topological polar surface area (TPSA) is 35.2 Å². The van der Waals surface area contributed by atoms with Gasteiger partial charge in [0.2, 0.25) is 0 Å². The molecular formula is C11H12ClNO. The Morgan fingerprint density at radius 3 is 2.79 bits per heavy atom. The predicted molar refractivity (Wildman–Crippen MR) is 60.4 cm³/mol. The fourth-order valence-electron chi connectivity index (χ4n) is 1.00. The van der Waals surface area contributed by atoms with Gasteiger partial charge < -0.3 is 10.5 Å². The Hall–Kier alpha value is -1.41. The third-order valence-electron chi connectivity index (χ3n) is 1.65. The van der Waals surface area contributed by atoms with Crippen LogP contribution in [0.1, 0.15) is 5.56 Å². The molecule has 0 aliphatic rings. The Bertz CT molecular complexity index is 360. The predicted octanol–water partition coefficient (Wildman–Crippen LogP) is 2.83. The third kappa shape index (κ3) is 2.54. The quantitative estimate of drug-likeness (QED) is 0.774. The fraction of sp³-hybridized carbons (Fsp3) is 0.0909. The number of hydrogen-bond acceptors (Lipinski definition) is 2. The van der Waals surface area contributed by atoms with Gasteiger partial charge in [-0.1, -0.05) is 30.8 Å². The van der Waals surface area contributed by atoms with E-state index in [0.29, 0.717) is 23.1 Å². The lowest BCUT2D eigenvalue weighted by molar-refractivity contribution is 0.363. The van der Waals surface area contributed by atoms with Gasteiger partial charge in [0.1, 0.15) is 12.4 Å². The van der Waals surface area contributed by atoms with Crippen LogP contribution >= 0.6 is 11.6 Å². The summed E-state index contributed by atoms with van der Waals surface area (Å²) >= 11 is 5.96. The van der Waals surface area contributed by atoms with E-state index >= 15 is 0 Å². The molecule has 0 saturated heterocycles. The van der Waals surface area contributed by atoms with E-state index < -0.39 is 0 Å². The van der Waals surface area contributed by atoms with Crippen molar-refractivity contribution in [2.75, 3.05) is 6.61 Å². The first-order valence-electron chi connectivity index (χ1n) is 4.13. The van der Waals surface area contributed by atoms with E-state index in [1.165, 1.54) is 0 Å². The highest BCUT2D eigenvalue weighted by Crippen LogP contribution is 2.25. The van der Waals surface area contributed by atoms with E-state index in [2.05, 4.69) is 13.2 Å². The molecule has 0 aromatic heterocycles. The molecule has 2 nitrogen and oxygen atoms in total. The van der Waals surface area contributed by atoms with Gasteiger partial charge in [-0.3, -0.25) is 0 Å². The first kappa shape index (κ1) is 10.7. The van der Waals surface area contributed by atoms with Crippen molar-refractivity contribution in [2.45, 2.75) is 0 Å². The van der Waals surface area contributed by atoms with Crippen molar-refractivity contribution in [2.24, 2.45) is 5.73 Å². The maximum Gasteiger partial charge on any atom is 0.121 e. The van der Waals surface area contributed by atoms with Gasteiger partial charge in [-0.05, 0) is 18.2 Å². The Kier molecular flexibility index (Phi) is 3.60. The van der Waals surface area contributed by atoms with Gasteiger partial charge in [0, 0.05) is 11.3 Å². The van der Waals surface area contributed by atoms with Gasteiger partial charge in [0.15, 0.2) is 0 Å². The van der Waals surface area contributed by atoms with Crippen molar-refractivity contribution in [1.82, 2.24) is 0 Å². The maximum atomic E-state index is 5.96. The molecule has 0 atom stereocenters. The zero-order chi connectivity index (χ0) is 10.6. The average molecular weight is 210 g/mol. The molecule has 0 unspecified atom stereocenters. The van der Waals surface area contributed by atoms with Crippen LogP contribution in [0.2, 0.25) is 5.02 Å². The molecule has 0 spiro atoms. The summed E-state index contributed by atoms with van der Waals surface area (Å²) < 4.78 is 5.30. The molecule has 0 fully saturated rings. The molecule has 0 radical (unpaired) electrons. The van der Waals surface area contributed by atoms with Crippen LogP contribution in [-0.2, 0) is 0 Å². The number of rotatable bonds is 4. The molecule has 14 heavy (non-hydrogen) atoms. The van der Waals surface area contributed by atoms with Crippen LogP contribution in [0.25, 0.3) is 5.70 Å². The standard InChI is InChI=1S/C11H12ClNO/c1-3-6-14-9-4-5-10(8(2)13)11(12)7-9/h3-5,7H,1-2,6,13H2. The molecule has 1 aromatic rings. The van der Waals surface area contributed by atoms with Crippen LogP contribution in [0.3, 0.4) is 0 Å². The third-order valence-corrected chi connectivity index (χ3v) is 1.97. The second-order valence-corrected chi connectivity index (χ2v) is 3.17. The van der Waals surface area contributed by atoms with Crippen molar-refractivity contribution in [3.05, 3.63) is 48.0 Å². The van der Waals surface area contributed by atoms with Crippen molar-refractivity contribution >= 4 is 17.3 Å². The number of benzene rings is 1. The van der Waals surface area contributed by atoms with Crippen LogP contribution in [0.4, 0.5) is 0 Å². The highest BCUT2D eigenvalue weighted by Gasteiger charge is 2.02. The Balaban J connectivity index is 2.88. The lowest BCUT2D eigenvalue weighted by atomic mass is 10.2. The summed E-state index contributed by atoms with van der Waals surface area (Å²) in [4.78, 5) is 0. The zero-order valence-corrected chi connectivity index (χ0v) is 8.55. The van der Waals surface area contributed by atoms with Crippen molar-refractivity contribution in [3.63, 3.8) is 0 Å². The Morgan fingerprint density at radius 2 is 2.29 bits per heavy atom. The van der Waals surface area contributed by atoms with Crippen LogP contribution < -0.4 is 10.5 Å². The van der Waals surface area contributed by atoms with Gasteiger partial charge in [-0.15, -0.1) is 0 Å². The van der Waals surface area contributed by atoms with Crippen LogP contribution in [-0.4, -0.2) is 6.61 Å². The summed E-state index contributed by atoms with van der Waals surface area (Å²) in [5.41, 5.74) is 6.71. The summed E-state index contributed by atoms with van der Waals surface area (Å²) in [6.45, 7) is 7.62. The smallest absolute Gasteiger partial charge is 0.121 e. The minimum atomic E-state index is 0.449. The molecular weight excluding hydrogens is 198 g/mol. The number of halogens is 1. The van der Waals surface area contributed by atoms with E-state index in [1.807, 2.05) is 0 Å². The van der Waals surface area contributed by atoms with Gasteiger partial charge in [-0.25, -0.2) is 0 Å². The molecule has 2 N–H and O–H groups in total. The molecule has 0 bridgehead atoms. The molecule has 0 heterocycles. The second kappa shape index (κ2) is 4.72. The van der Waals surface area contributed by atoms with E-state index in [1.54, 1.807) is 24.3 Å². The largest absolute Gasteiger partial charge is 0.490 e. The van der Waals surface area contributed by atoms with E-state index in [0.717, 1.165) is 5.56 Å². The van der Waals surface area contributed by atoms with Crippen molar-refractivity contribution < 1.29 is 4.74 Å². The number of nitrogens with two attached hydrogens (primary N) is 1. The molecule has 0 aliphatic carbocycles. The number of hydrogen-bond donors (Lipinski definition) is 1. The van der Waals surface area contributed by atoms with Crippen LogP contribution in [0.15, 0.2) is 37.4 Å². The number of ether oxygens (including phenoxy) is 1. The van der Waals surface area contributed by atoms with Crippen molar-refractivity contribution in [1.29, 1.82) is 0 Å².